The molecule has 5 aliphatic rings. The smallest absolute Gasteiger partial charge is 0.252 e. The van der Waals surface area contributed by atoms with Gasteiger partial charge in [0.1, 0.15) is 11.5 Å². The summed E-state index contributed by atoms with van der Waals surface area (Å²) in [7, 11) is 1.72. The number of ether oxygens (including phenoxy) is 1. The van der Waals surface area contributed by atoms with Crippen molar-refractivity contribution in [1.82, 2.24) is 36.6 Å². The molecular formula is C24H40ClF2N7O3S. The average Bonchev–Trinajstić information content (AvgIpc) is 3.58. The number of nitrogens with zero attached hydrogens (tertiary/aromatic N) is 2. The van der Waals surface area contributed by atoms with Gasteiger partial charge in [0, 0.05) is 57.2 Å². The number of hydrogen-bond donors (Lipinski definition) is 5. The largest absolute Gasteiger partial charge is 0.380 e. The zero-order chi connectivity index (χ0) is 27.0. The van der Waals surface area contributed by atoms with E-state index < -0.39 is 19.0 Å². The average molecular weight is 580 g/mol. The predicted octanol–water partition coefficient (Wildman–Crippen LogP) is -0.0504. The van der Waals surface area contributed by atoms with Crippen molar-refractivity contribution >= 4 is 35.2 Å². The molecule has 0 aromatic heterocycles. The molecule has 5 saturated heterocycles. The molecule has 14 heteroatoms. The zero-order valence-electron chi connectivity index (χ0n) is 21.9. The van der Waals surface area contributed by atoms with Crippen LogP contribution in [-0.2, 0) is 14.3 Å². The Morgan fingerprint density at radius 2 is 2.00 bits per heavy atom. The van der Waals surface area contributed by atoms with E-state index in [1.807, 2.05) is 0 Å². The third-order valence-corrected chi connectivity index (χ3v) is 10.5. The van der Waals surface area contributed by atoms with Crippen LogP contribution in [0.25, 0.3) is 0 Å². The first-order chi connectivity index (χ1) is 18.2. The van der Waals surface area contributed by atoms with Crippen molar-refractivity contribution in [2.45, 2.75) is 73.1 Å². The Morgan fingerprint density at radius 3 is 2.74 bits per heavy atom. The highest BCUT2D eigenvalue weighted by atomic mass is 35.5. The van der Waals surface area contributed by atoms with Gasteiger partial charge in [-0.1, -0.05) is 0 Å². The van der Waals surface area contributed by atoms with Crippen LogP contribution in [0, 0.1) is 17.8 Å². The SMILES string of the molecule is COC1CNC(Cl)CC1C1CC(C)NCC1C(=O)NC1NC2CN(C(=O)C3CCNN3CC(F)F)CC2S1. The summed E-state index contributed by atoms with van der Waals surface area (Å²) in [5.41, 5.74) is 2.55. The summed E-state index contributed by atoms with van der Waals surface area (Å²) >= 11 is 8.08. The van der Waals surface area contributed by atoms with Gasteiger partial charge in [0.15, 0.2) is 0 Å². The lowest BCUT2D eigenvalue weighted by Crippen LogP contribution is -2.57. The monoisotopic (exact) mass is 579 g/mol. The van der Waals surface area contributed by atoms with Gasteiger partial charge in [-0.25, -0.2) is 13.8 Å². The second-order valence-corrected chi connectivity index (χ2v) is 13.1. The molecule has 10 unspecified atom stereocenters. The molecule has 5 fully saturated rings. The third-order valence-electron chi connectivity index (χ3n) is 8.77. The van der Waals surface area contributed by atoms with Crippen LogP contribution >= 0.6 is 23.4 Å². The van der Waals surface area contributed by atoms with E-state index in [-0.39, 0.29) is 58.0 Å². The quantitative estimate of drug-likeness (QED) is 0.209. The van der Waals surface area contributed by atoms with Crippen LogP contribution in [0.2, 0.25) is 0 Å². The maximum absolute atomic E-state index is 13.5. The molecular weight excluding hydrogens is 540 g/mol. The highest BCUT2D eigenvalue weighted by molar-refractivity contribution is 8.00. The van der Waals surface area contributed by atoms with Crippen molar-refractivity contribution in [2.24, 2.45) is 17.8 Å². The Kier molecular flexibility index (Phi) is 9.35. The summed E-state index contributed by atoms with van der Waals surface area (Å²) in [5.74, 6) is 0.0844. The molecule has 0 aromatic carbocycles. The number of likely N-dealkylation sites (tertiary alicyclic amines) is 1. The van der Waals surface area contributed by atoms with Crippen molar-refractivity contribution in [3.05, 3.63) is 0 Å². The molecule has 0 radical (unpaired) electrons. The highest BCUT2D eigenvalue weighted by Gasteiger charge is 2.48. The normalized spacial score (nSPS) is 42.0. The van der Waals surface area contributed by atoms with Crippen molar-refractivity contribution in [1.29, 1.82) is 0 Å². The summed E-state index contributed by atoms with van der Waals surface area (Å²) in [6.45, 7) is 4.56. The van der Waals surface area contributed by atoms with Crippen LogP contribution in [-0.4, -0.2) is 115 Å². The number of piperidine rings is 2. The molecule has 0 saturated carbocycles. The van der Waals surface area contributed by atoms with E-state index in [0.29, 0.717) is 45.2 Å². The minimum absolute atomic E-state index is 0.0177. The van der Waals surface area contributed by atoms with Gasteiger partial charge in [0.2, 0.25) is 11.8 Å². The summed E-state index contributed by atoms with van der Waals surface area (Å²) in [5, 5.41) is 15.0. The van der Waals surface area contributed by atoms with Crippen LogP contribution in [0.3, 0.4) is 0 Å². The Balaban J connectivity index is 1.15. The molecule has 0 aliphatic carbocycles. The number of hydrazine groups is 1. The number of methoxy groups -OCH3 is 1. The number of nitrogens with one attached hydrogen (secondary N) is 5. The van der Waals surface area contributed by atoms with Gasteiger partial charge < -0.3 is 20.3 Å². The maximum atomic E-state index is 13.5. The van der Waals surface area contributed by atoms with E-state index in [1.54, 1.807) is 23.8 Å². The lowest BCUT2D eigenvalue weighted by molar-refractivity contribution is -0.136. The Labute approximate surface area is 232 Å². The summed E-state index contributed by atoms with van der Waals surface area (Å²) < 4.78 is 31.6. The molecule has 0 spiro atoms. The van der Waals surface area contributed by atoms with Gasteiger partial charge in [-0.15, -0.1) is 23.4 Å². The van der Waals surface area contributed by atoms with Gasteiger partial charge in [-0.05, 0) is 38.0 Å². The van der Waals surface area contributed by atoms with Gasteiger partial charge in [0.25, 0.3) is 6.43 Å². The molecule has 5 heterocycles. The summed E-state index contributed by atoms with van der Waals surface area (Å²) in [4.78, 5) is 28.4. The summed E-state index contributed by atoms with van der Waals surface area (Å²) in [6.07, 6.45) is -0.305. The van der Waals surface area contributed by atoms with Crippen LogP contribution in [0.4, 0.5) is 8.78 Å². The van der Waals surface area contributed by atoms with E-state index >= 15 is 0 Å². The first-order valence-corrected chi connectivity index (χ1v) is 15.0. The minimum Gasteiger partial charge on any atom is -0.380 e. The number of halogens is 3. The van der Waals surface area contributed by atoms with Crippen molar-refractivity contribution in [2.75, 3.05) is 46.4 Å². The number of carbonyl (C=O) groups excluding carboxylic acids is 2. The topological polar surface area (TPSA) is 110 Å². The Bertz CT molecular complexity index is 852. The van der Waals surface area contributed by atoms with Gasteiger partial charge in [-0.2, -0.15) is 0 Å². The molecule has 5 aliphatic heterocycles. The minimum atomic E-state index is -2.50. The Hall–Kier alpha value is -0.800. The fourth-order valence-electron chi connectivity index (χ4n) is 6.86. The summed E-state index contributed by atoms with van der Waals surface area (Å²) in [6, 6.07) is -0.189. The second kappa shape index (κ2) is 12.4. The maximum Gasteiger partial charge on any atom is 0.252 e. The van der Waals surface area contributed by atoms with E-state index in [9.17, 15) is 18.4 Å². The number of alkyl halides is 3. The van der Waals surface area contributed by atoms with Crippen molar-refractivity contribution in [3.8, 4) is 0 Å². The number of carbonyl (C=O) groups is 2. The molecule has 2 amide bonds. The Morgan fingerprint density at radius 1 is 1.18 bits per heavy atom. The number of fused-ring (bicyclic) bond motifs is 1. The van der Waals surface area contributed by atoms with Crippen molar-refractivity contribution < 1.29 is 23.1 Å². The number of thioether (sulfide) groups is 1. The first kappa shape index (κ1) is 28.7. The fraction of sp³-hybridized carbons (Fsp3) is 0.917. The van der Waals surface area contributed by atoms with Crippen LogP contribution in [0.1, 0.15) is 26.2 Å². The molecule has 216 valence electrons. The van der Waals surface area contributed by atoms with E-state index in [2.05, 4.69) is 33.6 Å². The van der Waals surface area contributed by atoms with Crippen LogP contribution in [0.5, 0.6) is 0 Å². The molecule has 0 aromatic rings. The number of hydrogen-bond acceptors (Lipinski definition) is 9. The van der Waals surface area contributed by atoms with Crippen molar-refractivity contribution in [3.63, 3.8) is 0 Å². The van der Waals surface area contributed by atoms with E-state index in [0.717, 1.165) is 12.8 Å². The molecule has 5 N–H and O–H groups in total. The number of amides is 2. The van der Waals surface area contributed by atoms with Gasteiger partial charge >= 0.3 is 0 Å². The van der Waals surface area contributed by atoms with Crippen LogP contribution in [0.15, 0.2) is 0 Å². The second-order valence-electron chi connectivity index (χ2n) is 11.2. The van der Waals surface area contributed by atoms with E-state index in [4.69, 9.17) is 16.3 Å². The molecule has 10 atom stereocenters. The standard InChI is InChI=1S/C24H40ClF2N7O3S/c1-12-5-13(14-6-20(25)29-8-18(14)37-2)15(7-28-12)22(35)32-24-31-16-9-33(10-19(16)38-24)23(36)17-3-4-30-34(17)11-21(26)27/h12-21,24,28-31H,3-11H2,1-2H3,(H,32,35). The molecule has 0 bridgehead atoms. The fourth-order valence-corrected chi connectivity index (χ4v) is 8.57. The lowest BCUT2D eigenvalue weighted by Gasteiger charge is -2.45. The first-order valence-electron chi connectivity index (χ1n) is 13.7. The molecule has 5 rings (SSSR count). The molecule has 10 nitrogen and oxygen atoms in total. The predicted molar refractivity (Wildman–Crippen MR) is 142 cm³/mol. The highest BCUT2D eigenvalue weighted by Crippen LogP contribution is 2.38. The van der Waals surface area contributed by atoms with E-state index in [1.165, 1.54) is 5.01 Å². The third kappa shape index (κ3) is 6.24. The zero-order valence-corrected chi connectivity index (χ0v) is 23.4. The van der Waals surface area contributed by atoms with Crippen LogP contribution < -0.4 is 26.7 Å². The lowest BCUT2D eigenvalue weighted by atomic mass is 9.70. The van der Waals surface area contributed by atoms with Gasteiger partial charge in [-0.3, -0.25) is 25.6 Å². The number of rotatable bonds is 7. The van der Waals surface area contributed by atoms with Gasteiger partial charge in [0.05, 0.1) is 24.1 Å². The molecule has 38 heavy (non-hydrogen) atoms.